The van der Waals surface area contributed by atoms with E-state index in [1.165, 1.54) is 0 Å². The third-order valence-electron chi connectivity index (χ3n) is 4.40. The van der Waals surface area contributed by atoms with Crippen molar-refractivity contribution in [3.05, 3.63) is 47.5 Å². The number of aliphatic hydroxyl groups excluding tert-OH is 1. The Kier molecular flexibility index (Phi) is 5.28. The lowest BCUT2D eigenvalue weighted by atomic mass is 10.0. The molecule has 2 aromatic carbocycles. The van der Waals surface area contributed by atoms with Crippen LogP contribution in [0, 0.1) is 13.8 Å². The molecule has 136 valence electrons. The molecule has 5 nitrogen and oxygen atoms in total. The molecule has 0 aliphatic heterocycles. The zero-order chi connectivity index (χ0) is 18.7. The molecule has 5 heteroatoms. The van der Waals surface area contributed by atoms with Gasteiger partial charge in [0.2, 0.25) is 0 Å². The number of rotatable bonds is 6. The number of aromatic nitrogens is 1. The normalized spacial score (nSPS) is 10.8. The minimum atomic E-state index is -0.0210. The summed E-state index contributed by atoms with van der Waals surface area (Å²) in [6, 6.07) is 11.7. The van der Waals surface area contributed by atoms with Gasteiger partial charge in [0, 0.05) is 22.6 Å². The van der Waals surface area contributed by atoms with Gasteiger partial charge in [-0.2, -0.15) is 0 Å². The minimum absolute atomic E-state index is 0.0210. The molecule has 0 saturated carbocycles. The summed E-state index contributed by atoms with van der Waals surface area (Å²) < 4.78 is 16.5. The maximum Gasteiger partial charge on any atom is 0.134 e. The largest absolute Gasteiger partial charge is 0.496 e. The molecule has 3 aromatic rings. The van der Waals surface area contributed by atoms with Crippen molar-refractivity contribution in [1.82, 2.24) is 4.98 Å². The number of aliphatic hydroxyl groups is 1. The van der Waals surface area contributed by atoms with Crippen LogP contribution in [-0.2, 0) is 0 Å². The first-order valence-electron chi connectivity index (χ1n) is 8.46. The Morgan fingerprint density at radius 2 is 1.81 bits per heavy atom. The Labute approximate surface area is 153 Å². The highest BCUT2D eigenvalue weighted by Crippen LogP contribution is 2.38. The number of aryl methyl sites for hydroxylation is 1. The first kappa shape index (κ1) is 18.0. The van der Waals surface area contributed by atoms with Gasteiger partial charge in [-0.15, -0.1) is 0 Å². The highest BCUT2D eigenvalue weighted by atomic mass is 16.5. The average Bonchev–Trinajstić information content (AvgIpc) is 2.65. The van der Waals surface area contributed by atoms with E-state index in [0.29, 0.717) is 5.75 Å². The number of ether oxygens (including phenoxy) is 3. The third kappa shape index (κ3) is 3.30. The van der Waals surface area contributed by atoms with Crippen molar-refractivity contribution in [2.75, 3.05) is 27.4 Å². The fourth-order valence-electron chi connectivity index (χ4n) is 3.13. The van der Waals surface area contributed by atoms with E-state index in [-0.39, 0.29) is 13.2 Å². The van der Waals surface area contributed by atoms with E-state index < -0.39 is 0 Å². The Balaban J connectivity index is 2.15. The van der Waals surface area contributed by atoms with Gasteiger partial charge in [-0.05, 0) is 49.7 Å². The molecule has 0 atom stereocenters. The molecular formula is C21H23NO4. The Morgan fingerprint density at radius 1 is 1.00 bits per heavy atom. The molecule has 0 aliphatic rings. The first-order chi connectivity index (χ1) is 12.6. The van der Waals surface area contributed by atoms with Gasteiger partial charge in [-0.3, -0.25) is 0 Å². The van der Waals surface area contributed by atoms with Gasteiger partial charge < -0.3 is 19.3 Å². The molecule has 0 unspecified atom stereocenters. The van der Waals surface area contributed by atoms with E-state index >= 15 is 0 Å². The van der Waals surface area contributed by atoms with Crippen molar-refractivity contribution in [2.45, 2.75) is 13.8 Å². The monoisotopic (exact) mass is 353 g/mol. The zero-order valence-electron chi connectivity index (χ0n) is 15.5. The van der Waals surface area contributed by atoms with Crippen molar-refractivity contribution in [1.29, 1.82) is 0 Å². The predicted octanol–water partition coefficient (Wildman–Crippen LogP) is 3.91. The van der Waals surface area contributed by atoms with Crippen molar-refractivity contribution >= 4 is 10.9 Å². The number of methoxy groups -OCH3 is 2. The second-order valence-corrected chi connectivity index (χ2v) is 6.05. The van der Waals surface area contributed by atoms with E-state index in [2.05, 4.69) is 13.0 Å². The average molecular weight is 353 g/mol. The SMILES string of the molecule is COc1ccc(-c2cc(C)c3ccc(OCCO)cc3n2)c(OC)c1C. The lowest BCUT2D eigenvalue weighted by Crippen LogP contribution is -2.01. The minimum Gasteiger partial charge on any atom is -0.496 e. The van der Waals surface area contributed by atoms with Gasteiger partial charge in [0.05, 0.1) is 32.0 Å². The number of benzene rings is 2. The Morgan fingerprint density at radius 3 is 2.50 bits per heavy atom. The van der Waals surface area contributed by atoms with Gasteiger partial charge in [-0.1, -0.05) is 0 Å². The molecule has 0 aliphatic carbocycles. The number of pyridine rings is 1. The third-order valence-corrected chi connectivity index (χ3v) is 4.40. The molecule has 1 N–H and O–H groups in total. The molecule has 26 heavy (non-hydrogen) atoms. The summed E-state index contributed by atoms with van der Waals surface area (Å²) in [5.41, 5.74) is 4.64. The van der Waals surface area contributed by atoms with Crippen LogP contribution in [0.4, 0.5) is 0 Å². The Hall–Kier alpha value is -2.79. The lowest BCUT2D eigenvalue weighted by molar-refractivity contribution is 0.201. The zero-order valence-corrected chi connectivity index (χ0v) is 15.5. The number of hydrogen-bond acceptors (Lipinski definition) is 5. The van der Waals surface area contributed by atoms with Crippen LogP contribution in [0.2, 0.25) is 0 Å². The van der Waals surface area contributed by atoms with E-state index in [9.17, 15) is 0 Å². The second-order valence-electron chi connectivity index (χ2n) is 6.05. The van der Waals surface area contributed by atoms with Gasteiger partial charge in [0.1, 0.15) is 23.9 Å². The molecule has 1 aromatic heterocycles. The van der Waals surface area contributed by atoms with Crippen LogP contribution in [0.5, 0.6) is 17.2 Å². The van der Waals surface area contributed by atoms with Crippen LogP contribution < -0.4 is 14.2 Å². The van der Waals surface area contributed by atoms with E-state index in [1.807, 2.05) is 37.3 Å². The van der Waals surface area contributed by atoms with E-state index in [4.69, 9.17) is 24.3 Å². The van der Waals surface area contributed by atoms with Gasteiger partial charge in [0.25, 0.3) is 0 Å². The van der Waals surface area contributed by atoms with Crippen molar-refractivity contribution in [3.63, 3.8) is 0 Å². The molecule has 1 heterocycles. The van der Waals surface area contributed by atoms with Crippen molar-refractivity contribution < 1.29 is 19.3 Å². The van der Waals surface area contributed by atoms with Crippen LogP contribution in [0.3, 0.4) is 0 Å². The second kappa shape index (κ2) is 7.62. The Bertz CT molecular complexity index is 937. The summed E-state index contributed by atoms with van der Waals surface area (Å²) in [6.45, 7) is 4.27. The molecule has 0 bridgehead atoms. The summed E-state index contributed by atoms with van der Waals surface area (Å²) in [5.74, 6) is 2.22. The maximum absolute atomic E-state index is 8.94. The van der Waals surface area contributed by atoms with E-state index in [1.54, 1.807) is 14.2 Å². The smallest absolute Gasteiger partial charge is 0.134 e. The quantitative estimate of drug-likeness (QED) is 0.728. The topological polar surface area (TPSA) is 60.8 Å². The van der Waals surface area contributed by atoms with Crippen LogP contribution in [0.25, 0.3) is 22.2 Å². The molecule has 3 rings (SSSR count). The first-order valence-corrected chi connectivity index (χ1v) is 8.46. The van der Waals surface area contributed by atoms with E-state index in [0.717, 1.165) is 44.8 Å². The summed E-state index contributed by atoms with van der Waals surface area (Å²) >= 11 is 0. The number of fused-ring (bicyclic) bond motifs is 1. The van der Waals surface area contributed by atoms with Crippen LogP contribution in [0.15, 0.2) is 36.4 Å². The lowest BCUT2D eigenvalue weighted by Gasteiger charge is -2.15. The standard InChI is InChI=1S/C21H23NO4/c1-13-11-18(17-7-8-20(24-3)14(2)21(17)25-4)22-19-12-15(26-10-9-23)5-6-16(13)19/h5-8,11-12,23H,9-10H2,1-4H3. The predicted molar refractivity (Wildman–Crippen MR) is 102 cm³/mol. The fraction of sp³-hybridized carbons (Fsp3) is 0.286. The van der Waals surface area contributed by atoms with Crippen LogP contribution in [0.1, 0.15) is 11.1 Å². The van der Waals surface area contributed by atoms with Gasteiger partial charge >= 0.3 is 0 Å². The summed E-state index contributed by atoms with van der Waals surface area (Å²) in [6.07, 6.45) is 0. The highest BCUT2D eigenvalue weighted by molar-refractivity contribution is 5.87. The summed E-state index contributed by atoms with van der Waals surface area (Å²) in [5, 5.41) is 10.0. The molecule has 0 amide bonds. The molecule has 0 radical (unpaired) electrons. The molecule has 0 spiro atoms. The highest BCUT2D eigenvalue weighted by Gasteiger charge is 2.15. The summed E-state index contributed by atoms with van der Waals surface area (Å²) in [7, 11) is 3.30. The maximum atomic E-state index is 8.94. The molecular weight excluding hydrogens is 330 g/mol. The van der Waals surface area contributed by atoms with Crippen molar-refractivity contribution in [3.8, 4) is 28.5 Å². The van der Waals surface area contributed by atoms with Crippen molar-refractivity contribution in [2.24, 2.45) is 0 Å². The molecule has 0 fully saturated rings. The van der Waals surface area contributed by atoms with Gasteiger partial charge in [0.15, 0.2) is 0 Å². The number of nitrogens with zero attached hydrogens (tertiary/aromatic N) is 1. The van der Waals surface area contributed by atoms with Crippen LogP contribution in [-0.4, -0.2) is 37.5 Å². The van der Waals surface area contributed by atoms with Crippen LogP contribution >= 0.6 is 0 Å². The number of hydrogen-bond donors (Lipinski definition) is 1. The molecule has 0 saturated heterocycles. The van der Waals surface area contributed by atoms with Gasteiger partial charge in [-0.25, -0.2) is 4.98 Å². The summed E-state index contributed by atoms with van der Waals surface area (Å²) in [4.78, 5) is 4.82. The fourth-order valence-corrected chi connectivity index (χ4v) is 3.13.